The lowest BCUT2D eigenvalue weighted by molar-refractivity contribution is -0.155. The van der Waals surface area contributed by atoms with Gasteiger partial charge in [-0.15, -0.1) is 0 Å². The highest BCUT2D eigenvalue weighted by molar-refractivity contribution is 5.77. The number of carbonyl (C=O) groups is 1. The van der Waals surface area contributed by atoms with Crippen LogP contribution in [0.1, 0.15) is 33.5 Å². The van der Waals surface area contributed by atoms with Crippen molar-refractivity contribution in [1.29, 1.82) is 0 Å². The highest BCUT2D eigenvalue weighted by Gasteiger charge is 2.47. The first-order valence-electron chi connectivity index (χ1n) is 4.96. The number of hydrogen-bond acceptors (Lipinski definition) is 3. The molecule has 0 aromatic carbocycles. The molecule has 0 N–H and O–H groups in total. The zero-order valence-electron chi connectivity index (χ0n) is 9.96. The van der Waals surface area contributed by atoms with Gasteiger partial charge in [0.15, 0.2) is 0 Å². The summed E-state index contributed by atoms with van der Waals surface area (Å²) in [6, 6.07) is 3.70. The molecule has 15 heavy (non-hydrogen) atoms. The Morgan fingerprint density at radius 1 is 1.33 bits per heavy atom. The van der Waals surface area contributed by atoms with Crippen LogP contribution in [-0.4, -0.2) is 13.1 Å². The van der Waals surface area contributed by atoms with Crippen LogP contribution >= 0.6 is 0 Å². The number of ether oxygens (including phenoxy) is 1. The van der Waals surface area contributed by atoms with E-state index >= 15 is 0 Å². The van der Waals surface area contributed by atoms with Crippen molar-refractivity contribution in [1.82, 2.24) is 0 Å². The van der Waals surface area contributed by atoms with Gasteiger partial charge >= 0.3 is 5.97 Å². The Labute approximate surface area is 90.4 Å². The van der Waals surface area contributed by atoms with E-state index in [1.807, 2.05) is 39.8 Å². The Morgan fingerprint density at radius 2 is 1.93 bits per heavy atom. The Bertz CT molecular complexity index is 334. The van der Waals surface area contributed by atoms with Crippen molar-refractivity contribution in [2.24, 2.45) is 5.41 Å². The highest BCUT2D eigenvalue weighted by Crippen LogP contribution is 2.42. The number of rotatable bonds is 3. The molecule has 0 saturated heterocycles. The molecule has 0 spiro atoms. The number of furan rings is 1. The molecule has 0 amide bonds. The molecule has 0 aliphatic rings. The second-order valence-electron chi connectivity index (χ2n) is 4.72. The second-order valence-corrected chi connectivity index (χ2v) is 4.72. The molecule has 0 unspecified atom stereocenters. The first kappa shape index (κ1) is 11.8. The topological polar surface area (TPSA) is 39.4 Å². The van der Waals surface area contributed by atoms with E-state index in [-0.39, 0.29) is 5.97 Å². The van der Waals surface area contributed by atoms with Crippen molar-refractivity contribution in [3.05, 3.63) is 24.2 Å². The largest absolute Gasteiger partial charge is 0.469 e. The van der Waals surface area contributed by atoms with Crippen LogP contribution in [-0.2, 0) is 14.9 Å². The van der Waals surface area contributed by atoms with Crippen LogP contribution < -0.4 is 0 Å². The van der Waals surface area contributed by atoms with Crippen LogP contribution in [0.25, 0.3) is 0 Å². The van der Waals surface area contributed by atoms with Gasteiger partial charge in [0.25, 0.3) is 0 Å². The second kappa shape index (κ2) is 3.72. The molecular formula is C12H18O3. The molecule has 1 heterocycles. The van der Waals surface area contributed by atoms with Gasteiger partial charge in [0.05, 0.1) is 18.8 Å². The maximum absolute atomic E-state index is 11.7. The van der Waals surface area contributed by atoms with Gasteiger partial charge < -0.3 is 9.15 Å². The van der Waals surface area contributed by atoms with E-state index in [0.717, 1.165) is 5.76 Å². The summed E-state index contributed by atoms with van der Waals surface area (Å²) in [5.74, 6) is 0.557. The summed E-state index contributed by atoms with van der Waals surface area (Å²) < 4.78 is 10.2. The van der Waals surface area contributed by atoms with Crippen molar-refractivity contribution < 1.29 is 13.9 Å². The maximum Gasteiger partial charge on any atom is 0.312 e. The van der Waals surface area contributed by atoms with Gasteiger partial charge in [0, 0.05) is 5.41 Å². The van der Waals surface area contributed by atoms with E-state index in [2.05, 4.69) is 0 Å². The molecule has 0 atom stereocenters. The minimum atomic E-state index is -0.625. The molecule has 1 aromatic rings. The molecule has 84 valence electrons. The van der Waals surface area contributed by atoms with E-state index in [4.69, 9.17) is 9.15 Å². The molecule has 1 rings (SSSR count). The van der Waals surface area contributed by atoms with Crippen LogP contribution in [0, 0.1) is 5.41 Å². The summed E-state index contributed by atoms with van der Waals surface area (Å²) in [5.41, 5.74) is -1.02. The van der Waals surface area contributed by atoms with Crippen LogP contribution in [0.3, 0.4) is 0 Å². The van der Waals surface area contributed by atoms with Crippen LogP contribution in [0.15, 0.2) is 22.8 Å². The van der Waals surface area contributed by atoms with Gasteiger partial charge in [-0.05, 0) is 26.0 Å². The van der Waals surface area contributed by atoms with Crippen molar-refractivity contribution in [3.63, 3.8) is 0 Å². The van der Waals surface area contributed by atoms with Gasteiger partial charge in [-0.1, -0.05) is 13.8 Å². The van der Waals surface area contributed by atoms with E-state index < -0.39 is 10.8 Å². The summed E-state index contributed by atoms with van der Waals surface area (Å²) in [5, 5.41) is 0. The zero-order chi connectivity index (χ0) is 11.7. The molecule has 0 aliphatic heterocycles. The molecule has 0 radical (unpaired) electrons. The number of carbonyl (C=O) groups excluding carboxylic acids is 1. The van der Waals surface area contributed by atoms with Crippen LogP contribution in [0.2, 0.25) is 0 Å². The lowest BCUT2D eigenvalue weighted by Gasteiger charge is -2.37. The standard InChI is InChI=1S/C12H18O3/c1-11(2,9-7-6-8-15-9)12(3,4)10(13)14-5/h6-8H,1-5H3. The number of methoxy groups -OCH3 is 1. The lowest BCUT2D eigenvalue weighted by atomic mass is 9.66. The Hall–Kier alpha value is -1.25. The summed E-state index contributed by atoms with van der Waals surface area (Å²) in [4.78, 5) is 11.7. The minimum Gasteiger partial charge on any atom is -0.469 e. The van der Waals surface area contributed by atoms with Gasteiger partial charge in [-0.2, -0.15) is 0 Å². The number of hydrogen-bond donors (Lipinski definition) is 0. The van der Waals surface area contributed by atoms with Crippen molar-refractivity contribution in [2.45, 2.75) is 33.1 Å². The summed E-state index contributed by atoms with van der Waals surface area (Å²) in [7, 11) is 1.41. The first-order chi connectivity index (χ1) is 6.84. The van der Waals surface area contributed by atoms with Crippen molar-refractivity contribution >= 4 is 5.97 Å². The Kier molecular flexibility index (Phi) is 2.93. The molecule has 0 fully saturated rings. The summed E-state index contributed by atoms with van der Waals surface area (Å²) >= 11 is 0. The molecule has 0 bridgehead atoms. The minimum absolute atomic E-state index is 0.232. The highest BCUT2D eigenvalue weighted by atomic mass is 16.5. The average molecular weight is 210 g/mol. The van der Waals surface area contributed by atoms with Gasteiger partial charge in [0.1, 0.15) is 5.76 Å². The summed E-state index contributed by atoms with van der Waals surface area (Å²) in [6.07, 6.45) is 1.62. The normalized spacial score (nSPS) is 12.6. The molecular weight excluding hydrogens is 192 g/mol. The SMILES string of the molecule is COC(=O)C(C)(C)C(C)(C)c1ccco1. The molecule has 0 saturated carbocycles. The van der Waals surface area contributed by atoms with Crippen molar-refractivity contribution in [2.75, 3.05) is 7.11 Å². The smallest absolute Gasteiger partial charge is 0.312 e. The van der Waals surface area contributed by atoms with E-state index in [9.17, 15) is 4.79 Å². The third-order valence-corrected chi connectivity index (χ3v) is 3.40. The predicted molar refractivity (Wildman–Crippen MR) is 57.5 cm³/mol. The van der Waals surface area contributed by atoms with Gasteiger partial charge in [-0.3, -0.25) is 4.79 Å². The molecule has 0 aliphatic carbocycles. The molecule has 1 aromatic heterocycles. The van der Waals surface area contributed by atoms with Gasteiger partial charge in [-0.25, -0.2) is 0 Å². The first-order valence-corrected chi connectivity index (χ1v) is 4.96. The maximum atomic E-state index is 11.7. The van der Waals surface area contributed by atoms with E-state index in [0.29, 0.717) is 0 Å². The monoisotopic (exact) mass is 210 g/mol. The third kappa shape index (κ3) is 1.78. The van der Waals surface area contributed by atoms with Gasteiger partial charge in [0.2, 0.25) is 0 Å². The van der Waals surface area contributed by atoms with E-state index in [1.54, 1.807) is 6.26 Å². The quantitative estimate of drug-likeness (QED) is 0.720. The fourth-order valence-electron chi connectivity index (χ4n) is 1.45. The van der Waals surface area contributed by atoms with Crippen molar-refractivity contribution in [3.8, 4) is 0 Å². The fraction of sp³-hybridized carbons (Fsp3) is 0.583. The third-order valence-electron chi connectivity index (χ3n) is 3.40. The molecule has 3 heteroatoms. The van der Waals surface area contributed by atoms with Crippen LogP contribution in [0.5, 0.6) is 0 Å². The lowest BCUT2D eigenvalue weighted by Crippen LogP contribution is -2.43. The summed E-state index contributed by atoms with van der Waals surface area (Å²) in [6.45, 7) is 7.67. The Balaban J connectivity index is 3.10. The predicted octanol–water partition coefficient (Wildman–Crippen LogP) is 2.76. The van der Waals surface area contributed by atoms with E-state index in [1.165, 1.54) is 7.11 Å². The zero-order valence-corrected chi connectivity index (χ0v) is 9.96. The average Bonchev–Trinajstić information content (AvgIpc) is 2.69. The number of esters is 1. The fourth-order valence-corrected chi connectivity index (χ4v) is 1.45. The Morgan fingerprint density at radius 3 is 2.33 bits per heavy atom. The van der Waals surface area contributed by atoms with Crippen LogP contribution in [0.4, 0.5) is 0 Å². The molecule has 3 nitrogen and oxygen atoms in total.